The van der Waals surface area contributed by atoms with Gasteiger partial charge in [-0.2, -0.15) is 0 Å². The van der Waals surface area contributed by atoms with Crippen LogP contribution in [0, 0.1) is 0 Å². The molecule has 2 heterocycles. The van der Waals surface area contributed by atoms with E-state index in [4.69, 9.17) is 0 Å². The molecule has 8 nitrogen and oxygen atoms in total. The van der Waals surface area contributed by atoms with Crippen LogP contribution in [-0.2, 0) is 13.1 Å². The monoisotopic (exact) mass is 275 g/mol. The maximum atomic E-state index is 11.7. The third-order valence-electron chi connectivity index (χ3n) is 2.75. The molecule has 0 aliphatic rings. The molecular formula is C12H17N7O. The van der Waals surface area contributed by atoms with E-state index in [1.54, 1.807) is 32.6 Å². The third-order valence-corrected chi connectivity index (χ3v) is 2.75. The second-order valence-electron chi connectivity index (χ2n) is 4.39. The summed E-state index contributed by atoms with van der Waals surface area (Å²) in [5.41, 5.74) is 0.317. The Bertz CT molecular complexity index is 576. The first-order valence-electron chi connectivity index (χ1n) is 6.27. The van der Waals surface area contributed by atoms with Crippen LogP contribution >= 0.6 is 0 Å². The molecular weight excluding hydrogens is 258 g/mol. The van der Waals surface area contributed by atoms with Gasteiger partial charge in [-0.3, -0.25) is 4.79 Å². The Morgan fingerprint density at radius 1 is 1.30 bits per heavy atom. The second kappa shape index (κ2) is 6.09. The van der Waals surface area contributed by atoms with E-state index in [-0.39, 0.29) is 5.91 Å². The Morgan fingerprint density at radius 2 is 2.10 bits per heavy atom. The highest BCUT2D eigenvalue weighted by Gasteiger charge is 2.10. The Kier molecular flexibility index (Phi) is 4.24. The fourth-order valence-corrected chi connectivity index (χ4v) is 1.62. The smallest absolute Gasteiger partial charge is 0.273 e. The van der Waals surface area contributed by atoms with E-state index in [2.05, 4.69) is 25.7 Å². The predicted molar refractivity (Wildman–Crippen MR) is 73.1 cm³/mol. The first-order chi connectivity index (χ1) is 9.61. The van der Waals surface area contributed by atoms with Crippen molar-refractivity contribution in [3.63, 3.8) is 0 Å². The summed E-state index contributed by atoms with van der Waals surface area (Å²) in [5, 5.41) is 18.8. The molecule has 2 aromatic heterocycles. The van der Waals surface area contributed by atoms with E-state index in [9.17, 15) is 4.79 Å². The number of anilines is 1. The second-order valence-corrected chi connectivity index (χ2v) is 4.39. The zero-order valence-corrected chi connectivity index (χ0v) is 11.7. The summed E-state index contributed by atoms with van der Waals surface area (Å²) in [6.45, 7) is 3.34. The normalized spacial score (nSPS) is 10.3. The van der Waals surface area contributed by atoms with Gasteiger partial charge in [0.2, 0.25) is 0 Å². The summed E-state index contributed by atoms with van der Waals surface area (Å²) in [6, 6.07) is 3.36. The van der Waals surface area contributed by atoms with Crippen molar-refractivity contribution < 1.29 is 4.79 Å². The number of carbonyl (C=O) groups excluding carboxylic acids is 1. The SMILES string of the molecule is CCn1cnnc1CNc1ccc(C(=O)N(C)C)nn1. The largest absolute Gasteiger partial charge is 0.361 e. The van der Waals surface area contributed by atoms with Crippen LogP contribution in [0.4, 0.5) is 5.82 Å². The summed E-state index contributed by atoms with van der Waals surface area (Å²) in [5.74, 6) is 1.24. The first-order valence-corrected chi connectivity index (χ1v) is 6.27. The number of hydrogen-bond acceptors (Lipinski definition) is 6. The van der Waals surface area contributed by atoms with Gasteiger partial charge in [0.1, 0.15) is 12.1 Å². The quantitative estimate of drug-likeness (QED) is 0.849. The van der Waals surface area contributed by atoms with Crippen molar-refractivity contribution in [3.8, 4) is 0 Å². The molecule has 0 atom stereocenters. The van der Waals surface area contributed by atoms with Gasteiger partial charge in [-0.05, 0) is 19.1 Å². The Hall–Kier alpha value is -2.51. The minimum Gasteiger partial charge on any atom is -0.361 e. The highest BCUT2D eigenvalue weighted by Crippen LogP contribution is 2.05. The number of aromatic nitrogens is 5. The Morgan fingerprint density at radius 3 is 2.70 bits per heavy atom. The van der Waals surface area contributed by atoms with Crippen molar-refractivity contribution in [1.29, 1.82) is 0 Å². The molecule has 0 spiro atoms. The van der Waals surface area contributed by atoms with Gasteiger partial charge in [0.25, 0.3) is 5.91 Å². The van der Waals surface area contributed by atoms with Gasteiger partial charge in [-0.15, -0.1) is 20.4 Å². The molecule has 1 amide bonds. The van der Waals surface area contributed by atoms with Gasteiger partial charge in [0.15, 0.2) is 11.5 Å². The molecule has 0 fully saturated rings. The summed E-state index contributed by atoms with van der Waals surface area (Å²) < 4.78 is 1.93. The van der Waals surface area contributed by atoms with Crippen molar-refractivity contribution in [2.24, 2.45) is 0 Å². The van der Waals surface area contributed by atoms with Crippen molar-refractivity contribution in [3.05, 3.63) is 30.0 Å². The number of carbonyl (C=O) groups is 1. The fourth-order valence-electron chi connectivity index (χ4n) is 1.62. The minimum atomic E-state index is -0.172. The van der Waals surface area contributed by atoms with Crippen LogP contribution in [0.25, 0.3) is 0 Å². The number of aryl methyl sites for hydroxylation is 1. The first kappa shape index (κ1) is 13.9. The summed E-state index contributed by atoms with van der Waals surface area (Å²) >= 11 is 0. The van der Waals surface area contributed by atoms with Crippen LogP contribution in [0.15, 0.2) is 18.5 Å². The highest BCUT2D eigenvalue weighted by molar-refractivity contribution is 5.91. The molecule has 2 rings (SSSR count). The lowest BCUT2D eigenvalue weighted by Crippen LogP contribution is -2.23. The number of rotatable bonds is 5. The third kappa shape index (κ3) is 3.08. The number of nitrogens with zero attached hydrogens (tertiary/aromatic N) is 6. The number of amides is 1. The lowest BCUT2D eigenvalue weighted by molar-refractivity contribution is 0.0821. The van der Waals surface area contributed by atoms with E-state index in [0.717, 1.165) is 12.4 Å². The maximum Gasteiger partial charge on any atom is 0.273 e. The molecule has 0 aliphatic carbocycles. The van der Waals surface area contributed by atoms with Crippen LogP contribution in [0.5, 0.6) is 0 Å². The van der Waals surface area contributed by atoms with Gasteiger partial charge in [-0.25, -0.2) is 0 Å². The molecule has 0 bridgehead atoms. The average molecular weight is 275 g/mol. The predicted octanol–water partition coefficient (Wildman–Crippen LogP) is 0.402. The molecule has 106 valence electrons. The van der Waals surface area contributed by atoms with Crippen LogP contribution in [0.1, 0.15) is 23.2 Å². The molecule has 0 saturated heterocycles. The number of nitrogens with one attached hydrogen (secondary N) is 1. The van der Waals surface area contributed by atoms with Crippen LogP contribution < -0.4 is 5.32 Å². The number of hydrogen-bond donors (Lipinski definition) is 1. The van der Waals surface area contributed by atoms with Crippen LogP contribution in [-0.4, -0.2) is 49.9 Å². The Labute approximate surface area is 116 Å². The van der Waals surface area contributed by atoms with Gasteiger partial charge in [-0.1, -0.05) is 0 Å². The molecule has 0 aliphatic heterocycles. The van der Waals surface area contributed by atoms with E-state index in [0.29, 0.717) is 18.1 Å². The summed E-state index contributed by atoms with van der Waals surface area (Å²) in [7, 11) is 3.35. The molecule has 20 heavy (non-hydrogen) atoms. The molecule has 0 radical (unpaired) electrons. The van der Waals surface area contributed by atoms with Gasteiger partial charge < -0.3 is 14.8 Å². The van der Waals surface area contributed by atoms with Gasteiger partial charge >= 0.3 is 0 Å². The molecule has 1 N–H and O–H groups in total. The molecule has 2 aromatic rings. The molecule has 0 aromatic carbocycles. The van der Waals surface area contributed by atoms with Crippen molar-refractivity contribution in [1.82, 2.24) is 29.9 Å². The van der Waals surface area contributed by atoms with Crippen LogP contribution in [0.2, 0.25) is 0 Å². The van der Waals surface area contributed by atoms with E-state index >= 15 is 0 Å². The average Bonchev–Trinajstić information content (AvgIpc) is 2.92. The lowest BCUT2D eigenvalue weighted by Gasteiger charge is -2.09. The zero-order chi connectivity index (χ0) is 14.5. The van der Waals surface area contributed by atoms with E-state index < -0.39 is 0 Å². The molecule has 0 unspecified atom stereocenters. The molecule has 0 saturated carbocycles. The Balaban J connectivity index is 1.99. The fraction of sp³-hybridized carbons (Fsp3) is 0.417. The maximum absolute atomic E-state index is 11.7. The topological polar surface area (TPSA) is 88.8 Å². The zero-order valence-electron chi connectivity index (χ0n) is 11.7. The van der Waals surface area contributed by atoms with E-state index in [1.807, 2.05) is 11.5 Å². The van der Waals surface area contributed by atoms with Crippen LogP contribution in [0.3, 0.4) is 0 Å². The summed E-state index contributed by atoms with van der Waals surface area (Å²) in [4.78, 5) is 13.1. The van der Waals surface area contributed by atoms with Crippen molar-refractivity contribution in [2.45, 2.75) is 20.0 Å². The van der Waals surface area contributed by atoms with Crippen molar-refractivity contribution >= 4 is 11.7 Å². The highest BCUT2D eigenvalue weighted by atomic mass is 16.2. The van der Waals surface area contributed by atoms with Gasteiger partial charge in [0.05, 0.1) is 6.54 Å². The lowest BCUT2D eigenvalue weighted by atomic mass is 10.3. The minimum absolute atomic E-state index is 0.172. The van der Waals surface area contributed by atoms with Crippen molar-refractivity contribution in [2.75, 3.05) is 19.4 Å². The van der Waals surface area contributed by atoms with Gasteiger partial charge in [0, 0.05) is 20.6 Å². The standard InChI is InChI=1S/C12H17N7O/c1-4-19-8-14-17-11(19)7-13-10-6-5-9(15-16-10)12(20)18(2)3/h5-6,8H,4,7H2,1-3H3,(H,13,16). The summed E-state index contributed by atoms with van der Waals surface area (Å²) in [6.07, 6.45) is 1.68. The molecule has 8 heteroatoms. The van der Waals surface area contributed by atoms with E-state index in [1.165, 1.54) is 4.90 Å².